The van der Waals surface area contributed by atoms with Crippen LogP contribution in [0.5, 0.6) is 0 Å². The smallest absolute Gasteiger partial charge is 0.0709 e. The molecule has 0 aromatic heterocycles. The van der Waals surface area contributed by atoms with Crippen molar-refractivity contribution in [3.05, 3.63) is 60.3 Å². The molecule has 2 aromatic carbocycles. The summed E-state index contributed by atoms with van der Waals surface area (Å²) in [4.78, 5) is 4.62. The van der Waals surface area contributed by atoms with Gasteiger partial charge in [-0.1, -0.05) is 48.3 Å². The zero-order chi connectivity index (χ0) is 12.3. The molecule has 19 heavy (non-hydrogen) atoms. The quantitative estimate of drug-likeness (QED) is 0.686. The van der Waals surface area contributed by atoms with E-state index in [2.05, 4.69) is 72.6 Å². The largest absolute Gasteiger partial charge is 0.386 e. The zero-order valence-corrected chi connectivity index (χ0v) is 14.0. The molecule has 93 valence electrons. The van der Waals surface area contributed by atoms with E-state index in [4.69, 9.17) is 0 Å². The Morgan fingerprint density at radius 3 is 2.47 bits per heavy atom. The van der Waals surface area contributed by atoms with Crippen molar-refractivity contribution < 1.29 is 32.7 Å². The molecule has 0 bridgehead atoms. The van der Waals surface area contributed by atoms with E-state index in [1.165, 1.54) is 27.9 Å². The summed E-state index contributed by atoms with van der Waals surface area (Å²) in [6, 6.07) is 13.2. The third-order valence-electron chi connectivity index (χ3n) is 4.07. The summed E-state index contributed by atoms with van der Waals surface area (Å²) in [5.74, 6) is 1.43. The second-order valence-corrected chi connectivity index (χ2v) is 5.14. The number of rotatable bonds is 0. The topological polar surface area (TPSA) is 6.48 Å². The molecule has 1 atom stereocenters. The van der Waals surface area contributed by atoms with Crippen molar-refractivity contribution in [2.75, 3.05) is 11.9 Å². The van der Waals surface area contributed by atoms with Gasteiger partial charge in [-0.2, -0.15) is 11.6 Å². The Hall–Kier alpha value is -0.986. The SMILES string of the molecule is C[C-]1c2cc3ccccc3cc2N2C=CN(C)C12.[Y]. The molecule has 0 saturated carbocycles. The Morgan fingerprint density at radius 1 is 1.05 bits per heavy atom. The number of hydrogen-bond acceptors (Lipinski definition) is 2. The fraction of sp³-hybridized carbons (Fsp3) is 0.188. The molecule has 2 nitrogen and oxygen atoms in total. The molecule has 1 unspecified atom stereocenters. The van der Waals surface area contributed by atoms with E-state index in [-0.39, 0.29) is 32.7 Å². The second-order valence-electron chi connectivity index (χ2n) is 5.14. The van der Waals surface area contributed by atoms with Crippen LogP contribution in [-0.2, 0) is 32.7 Å². The predicted molar refractivity (Wildman–Crippen MR) is 75.1 cm³/mol. The summed E-state index contributed by atoms with van der Waals surface area (Å²) < 4.78 is 0. The van der Waals surface area contributed by atoms with Crippen LogP contribution in [0, 0.1) is 5.92 Å². The summed E-state index contributed by atoms with van der Waals surface area (Å²) in [6.07, 6.45) is 4.69. The molecule has 2 aromatic rings. The first-order chi connectivity index (χ1) is 8.75. The molecule has 2 aliphatic heterocycles. The van der Waals surface area contributed by atoms with E-state index in [0.717, 1.165) is 0 Å². The molecule has 0 amide bonds. The molecular formula is C16H15N2Y-. The van der Waals surface area contributed by atoms with Gasteiger partial charge in [0.25, 0.3) is 0 Å². The minimum atomic E-state index is 0. The van der Waals surface area contributed by atoms with Gasteiger partial charge in [0, 0.05) is 52.2 Å². The molecule has 4 rings (SSSR count). The number of nitrogens with zero attached hydrogens (tertiary/aromatic N) is 2. The van der Waals surface area contributed by atoms with Crippen LogP contribution in [-0.4, -0.2) is 18.1 Å². The van der Waals surface area contributed by atoms with E-state index < -0.39 is 0 Å². The van der Waals surface area contributed by atoms with Crippen molar-refractivity contribution in [3.63, 3.8) is 0 Å². The Kier molecular flexibility index (Phi) is 3.11. The average molecular weight is 324 g/mol. The fourth-order valence-electron chi connectivity index (χ4n) is 3.16. The average Bonchev–Trinajstić information content (AvgIpc) is 2.89. The van der Waals surface area contributed by atoms with Crippen molar-refractivity contribution in [1.82, 2.24) is 4.90 Å². The van der Waals surface area contributed by atoms with Crippen molar-refractivity contribution in [2.24, 2.45) is 0 Å². The minimum absolute atomic E-state index is 0. The zero-order valence-electron chi connectivity index (χ0n) is 11.2. The Labute approximate surface area is 139 Å². The van der Waals surface area contributed by atoms with Crippen LogP contribution >= 0.6 is 0 Å². The second kappa shape index (κ2) is 4.54. The maximum Gasteiger partial charge on any atom is 0.0709 e. The molecule has 3 heteroatoms. The third kappa shape index (κ3) is 1.74. The van der Waals surface area contributed by atoms with E-state index in [1.807, 2.05) is 0 Å². The summed E-state index contributed by atoms with van der Waals surface area (Å²) in [5, 5.41) is 2.64. The van der Waals surface area contributed by atoms with Crippen molar-refractivity contribution in [3.8, 4) is 0 Å². The maximum atomic E-state index is 2.36. The Balaban J connectivity index is 0.00000110. The first-order valence-corrected chi connectivity index (χ1v) is 6.31. The van der Waals surface area contributed by atoms with Crippen molar-refractivity contribution in [2.45, 2.75) is 13.1 Å². The number of hydrogen-bond donors (Lipinski definition) is 0. The van der Waals surface area contributed by atoms with Crippen LogP contribution in [0.4, 0.5) is 5.69 Å². The number of likely N-dealkylation sites (N-methyl/N-ethyl adjacent to an activating group) is 1. The van der Waals surface area contributed by atoms with Gasteiger partial charge >= 0.3 is 0 Å². The van der Waals surface area contributed by atoms with Crippen LogP contribution in [0.25, 0.3) is 10.8 Å². The number of anilines is 1. The predicted octanol–water partition coefficient (Wildman–Crippen LogP) is 3.34. The maximum absolute atomic E-state index is 2.36. The first kappa shape index (κ1) is 13.0. The van der Waals surface area contributed by atoms with E-state index >= 15 is 0 Å². The van der Waals surface area contributed by atoms with E-state index in [9.17, 15) is 0 Å². The van der Waals surface area contributed by atoms with Crippen LogP contribution in [0.1, 0.15) is 12.5 Å². The van der Waals surface area contributed by atoms with E-state index in [1.54, 1.807) is 0 Å². The van der Waals surface area contributed by atoms with Crippen molar-refractivity contribution in [1.29, 1.82) is 0 Å². The number of fused-ring (bicyclic) bond motifs is 4. The van der Waals surface area contributed by atoms with Gasteiger partial charge in [0.15, 0.2) is 0 Å². The van der Waals surface area contributed by atoms with Gasteiger partial charge in [0.1, 0.15) is 0 Å². The summed E-state index contributed by atoms with van der Waals surface area (Å²) >= 11 is 0. The van der Waals surface area contributed by atoms with Gasteiger partial charge in [0.05, 0.1) is 6.17 Å². The Bertz CT molecular complexity index is 665. The fourth-order valence-corrected chi connectivity index (χ4v) is 3.16. The monoisotopic (exact) mass is 324 g/mol. The van der Waals surface area contributed by atoms with Gasteiger partial charge < -0.3 is 9.80 Å². The molecule has 0 aliphatic carbocycles. The molecule has 2 heterocycles. The van der Waals surface area contributed by atoms with Gasteiger partial charge in [0.2, 0.25) is 0 Å². The van der Waals surface area contributed by atoms with E-state index in [0.29, 0.717) is 6.17 Å². The van der Waals surface area contributed by atoms with Crippen molar-refractivity contribution >= 4 is 16.5 Å². The van der Waals surface area contributed by atoms with Crippen LogP contribution in [0.15, 0.2) is 48.8 Å². The van der Waals surface area contributed by atoms with Gasteiger partial charge in [-0.05, 0) is 5.39 Å². The normalized spacial score (nSPS) is 19.7. The molecule has 1 radical (unpaired) electrons. The Morgan fingerprint density at radius 2 is 1.74 bits per heavy atom. The number of benzene rings is 2. The van der Waals surface area contributed by atoms with Gasteiger partial charge in [-0.25, -0.2) is 0 Å². The molecule has 0 fully saturated rings. The summed E-state index contributed by atoms with van der Waals surface area (Å²) in [6.45, 7) is 2.24. The minimum Gasteiger partial charge on any atom is -0.386 e. The molecule has 0 spiro atoms. The van der Waals surface area contributed by atoms with Crippen LogP contribution in [0.2, 0.25) is 0 Å². The molecule has 2 aliphatic rings. The van der Waals surface area contributed by atoms with Crippen LogP contribution in [0.3, 0.4) is 0 Å². The first-order valence-electron chi connectivity index (χ1n) is 6.31. The van der Waals surface area contributed by atoms with Gasteiger partial charge in [-0.3, -0.25) is 0 Å². The van der Waals surface area contributed by atoms with Gasteiger partial charge in [-0.15, -0.1) is 5.92 Å². The molecular weight excluding hydrogens is 309 g/mol. The summed E-state index contributed by atoms with van der Waals surface area (Å²) in [7, 11) is 2.14. The summed E-state index contributed by atoms with van der Waals surface area (Å²) in [5.41, 5.74) is 2.71. The third-order valence-corrected chi connectivity index (χ3v) is 4.07. The molecule has 0 saturated heterocycles. The van der Waals surface area contributed by atoms with Crippen LogP contribution < -0.4 is 4.90 Å². The molecule has 0 N–H and O–H groups in total. The standard InChI is InChI=1S/C16H15N2.Y/c1-11-14-9-12-5-3-4-6-13(12)10-15(14)18-8-7-17(2)16(11)18;/h3-10,16H,1-2H3;/q-1;.